The summed E-state index contributed by atoms with van der Waals surface area (Å²) < 4.78 is 10.5. The summed E-state index contributed by atoms with van der Waals surface area (Å²) in [6, 6.07) is 0. The van der Waals surface area contributed by atoms with Crippen molar-refractivity contribution in [3.8, 4) is 0 Å². The molecule has 0 amide bonds. The van der Waals surface area contributed by atoms with Gasteiger partial charge in [0, 0.05) is 0 Å². The molecule has 2 heterocycles. The van der Waals surface area contributed by atoms with E-state index in [0.29, 0.717) is 18.3 Å². The minimum absolute atomic E-state index is 0.185. The molecule has 0 radical (unpaired) electrons. The number of rotatable bonds is 2. The molecule has 1 aromatic heterocycles. The number of ether oxygens (including phenoxy) is 1. The van der Waals surface area contributed by atoms with Gasteiger partial charge in [-0.2, -0.15) is 4.98 Å². The first-order chi connectivity index (χ1) is 6.66. The Labute approximate surface area is 82.1 Å². The first-order valence-corrected chi connectivity index (χ1v) is 4.80. The molecule has 1 aliphatic rings. The number of aromatic nitrogens is 2. The van der Waals surface area contributed by atoms with E-state index in [1.54, 1.807) is 6.92 Å². The highest BCUT2D eigenvalue weighted by molar-refractivity contribution is 4.98. The minimum Gasteiger partial charge on any atom is -0.385 e. The van der Waals surface area contributed by atoms with Gasteiger partial charge in [0.25, 0.3) is 0 Å². The van der Waals surface area contributed by atoms with Gasteiger partial charge in [0.1, 0.15) is 6.10 Å². The Morgan fingerprint density at radius 2 is 2.36 bits per heavy atom. The van der Waals surface area contributed by atoms with Crippen LogP contribution >= 0.6 is 0 Å². The van der Waals surface area contributed by atoms with Gasteiger partial charge in [0.2, 0.25) is 5.89 Å². The molecule has 0 bridgehead atoms. The van der Waals surface area contributed by atoms with Crippen molar-refractivity contribution in [2.75, 3.05) is 6.61 Å². The molecule has 1 aliphatic heterocycles. The molecule has 1 aromatic rings. The average molecular weight is 198 g/mol. The topological polar surface area (TPSA) is 68.4 Å². The summed E-state index contributed by atoms with van der Waals surface area (Å²) in [5, 5.41) is 12.9. The summed E-state index contributed by atoms with van der Waals surface area (Å²) >= 11 is 0. The fraction of sp³-hybridized carbons (Fsp3) is 0.778. The Morgan fingerprint density at radius 1 is 1.57 bits per heavy atom. The predicted octanol–water partition coefficient (Wildman–Crippen LogP) is 1.02. The van der Waals surface area contributed by atoms with E-state index in [-0.39, 0.29) is 12.0 Å². The van der Waals surface area contributed by atoms with Gasteiger partial charge in [-0.25, -0.2) is 0 Å². The minimum atomic E-state index is -0.674. The smallest absolute Gasteiger partial charge is 0.232 e. The first-order valence-electron chi connectivity index (χ1n) is 4.80. The Hall–Kier alpha value is -0.940. The van der Waals surface area contributed by atoms with Gasteiger partial charge in [-0.1, -0.05) is 5.16 Å². The van der Waals surface area contributed by atoms with Crippen LogP contribution < -0.4 is 0 Å². The van der Waals surface area contributed by atoms with Crippen molar-refractivity contribution in [3.05, 3.63) is 11.7 Å². The predicted molar refractivity (Wildman–Crippen MR) is 47.7 cm³/mol. The van der Waals surface area contributed by atoms with Crippen molar-refractivity contribution in [2.45, 2.75) is 38.4 Å². The van der Waals surface area contributed by atoms with Crippen LogP contribution in [0.25, 0.3) is 0 Å². The van der Waals surface area contributed by atoms with Crippen LogP contribution in [0, 0.1) is 0 Å². The van der Waals surface area contributed by atoms with Gasteiger partial charge >= 0.3 is 0 Å². The lowest BCUT2D eigenvalue weighted by atomic mass is 10.1. The Bertz CT molecular complexity index is 311. The van der Waals surface area contributed by atoms with Crippen molar-refractivity contribution in [2.24, 2.45) is 0 Å². The van der Waals surface area contributed by atoms with E-state index >= 15 is 0 Å². The van der Waals surface area contributed by atoms with E-state index in [1.807, 2.05) is 6.92 Å². The quantitative estimate of drug-likeness (QED) is 0.768. The highest BCUT2D eigenvalue weighted by Crippen LogP contribution is 2.28. The molecule has 2 rings (SSSR count). The van der Waals surface area contributed by atoms with E-state index in [2.05, 4.69) is 10.1 Å². The Morgan fingerprint density at radius 3 is 2.86 bits per heavy atom. The van der Waals surface area contributed by atoms with E-state index in [1.165, 1.54) is 0 Å². The van der Waals surface area contributed by atoms with Crippen molar-refractivity contribution in [1.29, 1.82) is 0 Å². The van der Waals surface area contributed by atoms with Crippen molar-refractivity contribution < 1.29 is 14.4 Å². The summed E-state index contributed by atoms with van der Waals surface area (Å²) in [5.74, 6) is 1.11. The third-order valence-corrected chi connectivity index (χ3v) is 2.38. The molecule has 5 heteroatoms. The summed E-state index contributed by atoms with van der Waals surface area (Å²) in [6.45, 7) is 4.26. The molecule has 1 N–H and O–H groups in total. The second-order valence-corrected chi connectivity index (χ2v) is 3.74. The van der Waals surface area contributed by atoms with Crippen LogP contribution in [-0.4, -0.2) is 28.0 Å². The van der Waals surface area contributed by atoms with E-state index in [4.69, 9.17) is 9.26 Å². The molecule has 14 heavy (non-hydrogen) atoms. The van der Waals surface area contributed by atoms with Crippen LogP contribution in [0.15, 0.2) is 4.52 Å². The zero-order chi connectivity index (χ0) is 10.1. The third-order valence-electron chi connectivity index (χ3n) is 2.38. The van der Waals surface area contributed by atoms with Crippen LogP contribution in [0.3, 0.4) is 0 Å². The summed E-state index contributed by atoms with van der Waals surface area (Å²) in [6.07, 6.45) is 0.482. The summed E-state index contributed by atoms with van der Waals surface area (Å²) in [7, 11) is 0. The fourth-order valence-electron chi connectivity index (χ4n) is 1.57. The number of aliphatic hydroxyl groups is 1. The second-order valence-electron chi connectivity index (χ2n) is 3.74. The molecule has 1 saturated heterocycles. The average Bonchev–Trinajstić information content (AvgIpc) is 2.70. The van der Waals surface area contributed by atoms with Gasteiger partial charge < -0.3 is 14.4 Å². The molecular weight excluding hydrogens is 184 g/mol. The maximum Gasteiger partial charge on any atom is 0.232 e. The Balaban J connectivity index is 2.09. The monoisotopic (exact) mass is 198 g/mol. The molecule has 3 unspecified atom stereocenters. The molecule has 0 saturated carbocycles. The fourth-order valence-corrected chi connectivity index (χ4v) is 1.57. The van der Waals surface area contributed by atoms with Crippen molar-refractivity contribution in [3.63, 3.8) is 0 Å². The number of nitrogens with zero attached hydrogens (tertiary/aromatic N) is 2. The zero-order valence-electron chi connectivity index (χ0n) is 8.30. The van der Waals surface area contributed by atoms with Crippen LogP contribution in [-0.2, 0) is 4.74 Å². The largest absolute Gasteiger partial charge is 0.385 e. The zero-order valence-corrected chi connectivity index (χ0v) is 8.30. The molecule has 0 aliphatic carbocycles. The number of hydrogen-bond acceptors (Lipinski definition) is 5. The second kappa shape index (κ2) is 3.67. The summed E-state index contributed by atoms with van der Waals surface area (Å²) in [4.78, 5) is 4.12. The summed E-state index contributed by atoms with van der Waals surface area (Å²) in [5.41, 5.74) is 0. The van der Waals surface area contributed by atoms with E-state index in [9.17, 15) is 5.11 Å². The van der Waals surface area contributed by atoms with Crippen LogP contribution in [0.4, 0.5) is 0 Å². The van der Waals surface area contributed by atoms with E-state index in [0.717, 1.165) is 6.42 Å². The van der Waals surface area contributed by atoms with Crippen molar-refractivity contribution >= 4 is 0 Å². The maximum absolute atomic E-state index is 9.22. The van der Waals surface area contributed by atoms with Crippen LogP contribution in [0.2, 0.25) is 0 Å². The van der Waals surface area contributed by atoms with Gasteiger partial charge in [0.15, 0.2) is 5.82 Å². The molecule has 3 atom stereocenters. The highest BCUT2D eigenvalue weighted by atomic mass is 16.5. The Kier molecular flexibility index (Phi) is 2.52. The van der Waals surface area contributed by atoms with Gasteiger partial charge in [-0.3, -0.25) is 0 Å². The molecule has 78 valence electrons. The lowest BCUT2D eigenvalue weighted by Crippen LogP contribution is -1.99. The van der Waals surface area contributed by atoms with Crippen LogP contribution in [0.5, 0.6) is 0 Å². The number of hydrogen-bond donors (Lipinski definition) is 1. The molecule has 1 fully saturated rings. The van der Waals surface area contributed by atoms with Gasteiger partial charge in [-0.05, 0) is 20.3 Å². The lowest BCUT2D eigenvalue weighted by molar-refractivity contribution is 0.122. The van der Waals surface area contributed by atoms with Crippen molar-refractivity contribution in [1.82, 2.24) is 10.1 Å². The number of aliphatic hydroxyl groups excluding tert-OH is 1. The van der Waals surface area contributed by atoms with E-state index < -0.39 is 6.10 Å². The molecule has 0 aromatic carbocycles. The molecule has 5 nitrogen and oxygen atoms in total. The van der Waals surface area contributed by atoms with Gasteiger partial charge in [-0.15, -0.1) is 0 Å². The molecular formula is C9H14N2O3. The maximum atomic E-state index is 9.22. The van der Waals surface area contributed by atoms with Gasteiger partial charge in [0.05, 0.1) is 18.6 Å². The lowest BCUT2D eigenvalue weighted by Gasteiger charge is -1.98. The first kappa shape index (κ1) is 9.61. The van der Waals surface area contributed by atoms with Crippen LogP contribution in [0.1, 0.15) is 44.0 Å². The normalized spacial score (nSPS) is 29.4. The highest BCUT2D eigenvalue weighted by Gasteiger charge is 2.28. The molecule has 0 spiro atoms. The standard InChI is InChI=1S/C9H14N2O3/c1-5-3-7(4-13-5)9-10-8(6(2)12)11-14-9/h5-7,12H,3-4H2,1-2H3. The SMILES string of the molecule is CC1CC(c2nc(C(C)O)no2)CO1. The third kappa shape index (κ3) is 1.78.